The quantitative estimate of drug-likeness (QED) is 0.476. The molecule has 0 radical (unpaired) electrons. The van der Waals surface area contributed by atoms with Gasteiger partial charge in [-0.2, -0.15) is 13.2 Å². The molecule has 0 aliphatic carbocycles. The molecule has 1 aromatic carbocycles. The van der Waals surface area contributed by atoms with Crippen molar-refractivity contribution in [2.75, 3.05) is 13.7 Å². The number of carbonyl (C=O) groups is 1. The van der Waals surface area contributed by atoms with Gasteiger partial charge in [-0.15, -0.1) is 0 Å². The summed E-state index contributed by atoms with van der Waals surface area (Å²) in [6.45, 7) is 0.734. The van der Waals surface area contributed by atoms with Gasteiger partial charge in [-0.1, -0.05) is 25.1 Å². The number of hydrogen-bond donors (Lipinski definition) is 0. The Bertz CT molecular complexity index is 530. The predicted octanol–water partition coefficient (Wildman–Crippen LogP) is 2.87. The number of esters is 1. The Labute approximate surface area is 118 Å². The van der Waals surface area contributed by atoms with E-state index in [4.69, 9.17) is 0 Å². The lowest BCUT2D eigenvalue weighted by atomic mass is 9.86. The lowest BCUT2D eigenvalue weighted by molar-refractivity contribution is -0.484. The minimum atomic E-state index is -4.55. The van der Waals surface area contributed by atoms with Gasteiger partial charge in [-0.3, -0.25) is 14.9 Å². The van der Waals surface area contributed by atoms with Crippen molar-refractivity contribution >= 4 is 5.97 Å². The van der Waals surface area contributed by atoms with E-state index in [0.29, 0.717) is 0 Å². The van der Waals surface area contributed by atoms with E-state index in [1.807, 2.05) is 0 Å². The monoisotopic (exact) mass is 305 g/mol. The molecule has 5 nitrogen and oxygen atoms in total. The van der Waals surface area contributed by atoms with Crippen molar-refractivity contribution in [3.8, 4) is 0 Å². The summed E-state index contributed by atoms with van der Waals surface area (Å²) >= 11 is 0. The molecule has 0 aliphatic heterocycles. The third-order valence-electron chi connectivity index (χ3n) is 3.16. The van der Waals surface area contributed by atoms with Gasteiger partial charge in [-0.05, 0) is 11.6 Å². The summed E-state index contributed by atoms with van der Waals surface area (Å²) in [5.41, 5.74) is -0.829. The molecule has 0 N–H and O–H groups in total. The molecule has 116 valence electrons. The molecule has 2 unspecified atom stereocenters. The van der Waals surface area contributed by atoms with Crippen LogP contribution in [-0.2, 0) is 15.7 Å². The first kappa shape index (κ1) is 16.9. The molecular weight excluding hydrogens is 291 g/mol. The number of halogens is 3. The van der Waals surface area contributed by atoms with Crippen LogP contribution in [0, 0.1) is 16.0 Å². The summed E-state index contributed by atoms with van der Waals surface area (Å²) in [5.74, 6) is -2.63. The largest absolute Gasteiger partial charge is 0.469 e. The molecule has 0 heterocycles. The molecule has 0 aliphatic rings. The molecule has 21 heavy (non-hydrogen) atoms. The van der Waals surface area contributed by atoms with E-state index in [2.05, 4.69) is 4.74 Å². The highest BCUT2D eigenvalue weighted by Gasteiger charge is 2.34. The smallest absolute Gasteiger partial charge is 0.416 e. The number of ether oxygens (including phenoxy) is 1. The molecule has 0 bridgehead atoms. The summed E-state index contributed by atoms with van der Waals surface area (Å²) in [7, 11) is 1.12. The molecule has 2 atom stereocenters. The second kappa shape index (κ2) is 6.55. The number of alkyl halides is 3. The van der Waals surface area contributed by atoms with E-state index in [0.717, 1.165) is 25.3 Å². The Balaban J connectivity index is 3.20. The van der Waals surface area contributed by atoms with E-state index in [1.54, 1.807) is 0 Å². The first-order chi connectivity index (χ1) is 9.66. The topological polar surface area (TPSA) is 69.4 Å². The zero-order valence-corrected chi connectivity index (χ0v) is 11.4. The van der Waals surface area contributed by atoms with Crippen molar-refractivity contribution in [2.45, 2.75) is 19.0 Å². The summed E-state index contributed by atoms with van der Waals surface area (Å²) in [4.78, 5) is 21.6. The van der Waals surface area contributed by atoms with Crippen molar-refractivity contribution in [2.24, 2.45) is 5.92 Å². The van der Waals surface area contributed by atoms with Gasteiger partial charge < -0.3 is 4.74 Å². The molecule has 1 aromatic rings. The maximum absolute atomic E-state index is 12.7. The second-order valence-electron chi connectivity index (χ2n) is 4.56. The zero-order chi connectivity index (χ0) is 16.2. The summed E-state index contributed by atoms with van der Waals surface area (Å²) < 4.78 is 42.6. The van der Waals surface area contributed by atoms with Crippen LogP contribution in [0.5, 0.6) is 0 Å². The van der Waals surface area contributed by atoms with Crippen LogP contribution in [0.15, 0.2) is 24.3 Å². The number of hydrogen-bond acceptors (Lipinski definition) is 4. The third-order valence-corrected chi connectivity index (χ3v) is 3.16. The van der Waals surface area contributed by atoms with Crippen molar-refractivity contribution in [3.63, 3.8) is 0 Å². The van der Waals surface area contributed by atoms with Gasteiger partial charge in [-0.25, -0.2) is 0 Å². The highest BCUT2D eigenvalue weighted by atomic mass is 19.4. The highest BCUT2D eigenvalue weighted by Crippen LogP contribution is 2.33. The fourth-order valence-electron chi connectivity index (χ4n) is 2.01. The highest BCUT2D eigenvalue weighted by molar-refractivity contribution is 5.73. The van der Waals surface area contributed by atoms with E-state index in [-0.39, 0.29) is 5.56 Å². The van der Waals surface area contributed by atoms with Crippen LogP contribution >= 0.6 is 0 Å². The average Bonchev–Trinajstić information content (AvgIpc) is 2.42. The number of nitrogens with zero attached hydrogens (tertiary/aromatic N) is 1. The number of benzene rings is 1. The van der Waals surface area contributed by atoms with Gasteiger partial charge in [0.25, 0.3) is 0 Å². The number of methoxy groups -OCH3 is 1. The second-order valence-corrected chi connectivity index (χ2v) is 4.56. The van der Waals surface area contributed by atoms with Gasteiger partial charge in [0, 0.05) is 4.92 Å². The van der Waals surface area contributed by atoms with Crippen LogP contribution in [0.2, 0.25) is 0 Å². The van der Waals surface area contributed by atoms with E-state index >= 15 is 0 Å². The van der Waals surface area contributed by atoms with Crippen molar-refractivity contribution in [1.82, 2.24) is 0 Å². The van der Waals surface area contributed by atoms with Gasteiger partial charge in [0.15, 0.2) is 0 Å². The number of nitro groups is 1. The minimum absolute atomic E-state index is 0.0828. The summed E-state index contributed by atoms with van der Waals surface area (Å²) in [6.07, 6.45) is -4.55. The average molecular weight is 305 g/mol. The standard InChI is InChI=1S/C13H14F3NO4/c1-8(12(18)21-2)11(7-17(19)20)9-4-3-5-10(6-9)13(14,15)16/h3-6,8,11H,7H2,1-2H3. The van der Waals surface area contributed by atoms with Crippen LogP contribution in [0.1, 0.15) is 24.0 Å². The third kappa shape index (κ3) is 4.44. The minimum Gasteiger partial charge on any atom is -0.469 e. The molecule has 0 fully saturated rings. The lowest BCUT2D eigenvalue weighted by Gasteiger charge is -2.20. The summed E-state index contributed by atoms with van der Waals surface area (Å²) in [5, 5.41) is 10.7. The Morgan fingerprint density at radius 2 is 2.05 bits per heavy atom. The maximum Gasteiger partial charge on any atom is 0.416 e. The predicted molar refractivity (Wildman–Crippen MR) is 67.2 cm³/mol. The Morgan fingerprint density at radius 3 is 2.52 bits per heavy atom. The van der Waals surface area contributed by atoms with E-state index in [9.17, 15) is 28.1 Å². The number of rotatable bonds is 5. The fraction of sp³-hybridized carbons (Fsp3) is 0.462. The Morgan fingerprint density at radius 1 is 1.43 bits per heavy atom. The van der Waals surface area contributed by atoms with Gasteiger partial charge in [0.1, 0.15) is 0 Å². The van der Waals surface area contributed by atoms with Gasteiger partial charge in [0.2, 0.25) is 6.54 Å². The molecule has 0 saturated carbocycles. The number of carbonyl (C=O) groups excluding carboxylic acids is 1. The molecule has 1 rings (SSSR count). The molecule has 0 amide bonds. The zero-order valence-electron chi connectivity index (χ0n) is 11.4. The molecule has 0 saturated heterocycles. The van der Waals surface area contributed by atoms with Crippen molar-refractivity contribution < 1.29 is 27.6 Å². The first-order valence-corrected chi connectivity index (χ1v) is 6.03. The van der Waals surface area contributed by atoms with E-state index < -0.39 is 41.0 Å². The van der Waals surface area contributed by atoms with Crippen molar-refractivity contribution in [1.29, 1.82) is 0 Å². The first-order valence-electron chi connectivity index (χ1n) is 6.03. The van der Waals surface area contributed by atoms with Crippen LogP contribution in [-0.4, -0.2) is 24.5 Å². The lowest BCUT2D eigenvalue weighted by Crippen LogP contribution is -2.26. The van der Waals surface area contributed by atoms with Crippen LogP contribution in [0.4, 0.5) is 13.2 Å². The van der Waals surface area contributed by atoms with Crippen LogP contribution in [0.3, 0.4) is 0 Å². The Kier molecular flexibility index (Phi) is 5.28. The molecule has 0 spiro atoms. The molecule has 8 heteroatoms. The van der Waals surface area contributed by atoms with Crippen molar-refractivity contribution in [3.05, 3.63) is 45.5 Å². The van der Waals surface area contributed by atoms with Crippen LogP contribution in [0.25, 0.3) is 0 Å². The maximum atomic E-state index is 12.7. The molecular formula is C13H14F3NO4. The fourth-order valence-corrected chi connectivity index (χ4v) is 2.01. The van der Waals surface area contributed by atoms with Gasteiger partial charge >= 0.3 is 12.1 Å². The van der Waals surface area contributed by atoms with Crippen LogP contribution < -0.4 is 0 Å². The van der Waals surface area contributed by atoms with Gasteiger partial charge in [0.05, 0.1) is 24.5 Å². The summed E-state index contributed by atoms with van der Waals surface area (Å²) in [6, 6.07) is 4.20. The SMILES string of the molecule is COC(=O)C(C)C(C[N+](=O)[O-])c1cccc(C(F)(F)F)c1. The Hall–Kier alpha value is -2.12. The van der Waals surface area contributed by atoms with E-state index in [1.165, 1.54) is 13.0 Å². The normalized spacial score (nSPS) is 14.3. The molecule has 0 aromatic heterocycles.